The Morgan fingerprint density at radius 2 is 1.63 bits per heavy atom. The molecule has 0 atom stereocenters. The first kappa shape index (κ1) is 28.0. The zero-order chi connectivity index (χ0) is 27.4. The third kappa shape index (κ3) is 6.32. The quantitative estimate of drug-likeness (QED) is 0.352. The Bertz CT molecular complexity index is 1390. The third-order valence-corrected chi connectivity index (χ3v) is 7.18. The van der Waals surface area contributed by atoms with E-state index in [0.717, 1.165) is 16.8 Å². The van der Waals surface area contributed by atoms with Crippen LogP contribution in [0.3, 0.4) is 0 Å². The fraction of sp³-hybridized carbons (Fsp3) is 0.222. The third-order valence-electron chi connectivity index (χ3n) is 6.17. The van der Waals surface area contributed by atoms with Gasteiger partial charge in [-0.3, -0.25) is 14.9 Å². The van der Waals surface area contributed by atoms with Gasteiger partial charge in [0.25, 0.3) is 11.8 Å². The summed E-state index contributed by atoms with van der Waals surface area (Å²) in [5.74, 6) is -0.282. The molecule has 38 heavy (non-hydrogen) atoms. The van der Waals surface area contributed by atoms with Crippen LogP contribution in [0.1, 0.15) is 26.3 Å². The Balaban J connectivity index is 1.36. The molecule has 11 heteroatoms. The number of anilines is 2. The molecular weight excluding hydrogens is 567 g/mol. The molecule has 2 amide bonds. The number of rotatable bonds is 5. The van der Waals surface area contributed by atoms with Crippen LogP contribution in [0.25, 0.3) is 0 Å². The number of benzene rings is 3. The van der Waals surface area contributed by atoms with Crippen molar-refractivity contribution in [3.63, 3.8) is 0 Å². The minimum atomic E-state index is -0.524. The largest absolute Gasteiger partial charge is 0.494 e. The predicted molar refractivity (Wildman–Crippen MR) is 157 cm³/mol. The first-order chi connectivity index (χ1) is 18.2. The highest BCUT2D eigenvalue weighted by Crippen LogP contribution is 2.32. The number of carbonyl (C=O) groups excluding carboxylic acids is 2. The number of nitrogens with zero attached hydrogens (tertiary/aromatic N) is 2. The van der Waals surface area contributed by atoms with Crippen LogP contribution in [0.2, 0.25) is 15.1 Å². The van der Waals surface area contributed by atoms with Gasteiger partial charge in [-0.15, -0.1) is 0 Å². The fourth-order valence-corrected chi connectivity index (χ4v) is 5.33. The Labute approximate surface area is 241 Å². The average Bonchev–Trinajstić information content (AvgIpc) is 2.88. The number of amides is 2. The zero-order valence-electron chi connectivity index (χ0n) is 20.7. The maximum absolute atomic E-state index is 12.9. The van der Waals surface area contributed by atoms with Crippen molar-refractivity contribution in [1.29, 1.82) is 0 Å². The van der Waals surface area contributed by atoms with Crippen LogP contribution in [0.4, 0.5) is 11.4 Å². The molecule has 3 aromatic rings. The molecule has 1 aliphatic heterocycles. The van der Waals surface area contributed by atoms with Crippen molar-refractivity contribution in [2.75, 3.05) is 43.5 Å². The molecule has 3 aromatic carbocycles. The number of carbonyl (C=O) groups is 2. The van der Waals surface area contributed by atoms with Gasteiger partial charge in [0.15, 0.2) is 5.11 Å². The molecule has 1 fully saturated rings. The smallest absolute Gasteiger partial charge is 0.261 e. The van der Waals surface area contributed by atoms with Gasteiger partial charge in [0.1, 0.15) is 5.75 Å². The normalized spacial score (nSPS) is 13.2. The van der Waals surface area contributed by atoms with Crippen LogP contribution in [0.5, 0.6) is 5.75 Å². The van der Waals surface area contributed by atoms with E-state index in [2.05, 4.69) is 15.5 Å². The highest BCUT2D eigenvalue weighted by molar-refractivity contribution is 7.80. The van der Waals surface area contributed by atoms with Gasteiger partial charge >= 0.3 is 0 Å². The summed E-state index contributed by atoms with van der Waals surface area (Å²) in [6, 6.07) is 16.0. The van der Waals surface area contributed by atoms with E-state index < -0.39 is 5.91 Å². The van der Waals surface area contributed by atoms with E-state index in [0.29, 0.717) is 41.9 Å². The van der Waals surface area contributed by atoms with Gasteiger partial charge in [-0.1, -0.05) is 53.0 Å². The van der Waals surface area contributed by atoms with Gasteiger partial charge in [0.05, 0.1) is 28.4 Å². The van der Waals surface area contributed by atoms with E-state index in [9.17, 15) is 9.59 Å². The summed E-state index contributed by atoms with van der Waals surface area (Å²) >= 11 is 24.1. The van der Waals surface area contributed by atoms with Gasteiger partial charge in [-0.25, -0.2) is 0 Å². The van der Waals surface area contributed by atoms with E-state index in [4.69, 9.17) is 51.8 Å². The number of methoxy groups -OCH3 is 1. The molecule has 0 spiro atoms. The predicted octanol–water partition coefficient (Wildman–Crippen LogP) is 6.05. The molecule has 0 aromatic heterocycles. The number of hydrogen-bond donors (Lipinski definition) is 2. The van der Waals surface area contributed by atoms with Gasteiger partial charge in [-0.2, -0.15) is 0 Å². The molecule has 0 aliphatic carbocycles. The average molecular weight is 592 g/mol. The van der Waals surface area contributed by atoms with Crippen LogP contribution < -0.4 is 20.3 Å². The van der Waals surface area contributed by atoms with E-state index in [1.165, 1.54) is 19.2 Å². The second-order valence-electron chi connectivity index (χ2n) is 8.64. The molecule has 2 N–H and O–H groups in total. The number of nitrogens with one attached hydrogen (secondary N) is 2. The SMILES string of the molecule is COc1c(Cl)cc(Cl)cc1C(=O)NC(=S)Nc1ccc(N2CCN(C(=O)c3ccccc3C)CC2)c(Cl)c1. The summed E-state index contributed by atoms with van der Waals surface area (Å²) < 4.78 is 5.23. The highest BCUT2D eigenvalue weighted by atomic mass is 35.5. The van der Waals surface area contributed by atoms with Crippen LogP contribution >= 0.6 is 47.0 Å². The summed E-state index contributed by atoms with van der Waals surface area (Å²) in [7, 11) is 1.41. The molecule has 1 aliphatic rings. The summed E-state index contributed by atoms with van der Waals surface area (Å²) in [6.07, 6.45) is 0. The highest BCUT2D eigenvalue weighted by Gasteiger charge is 2.24. The number of piperazine rings is 1. The van der Waals surface area contributed by atoms with Crippen LogP contribution in [0.15, 0.2) is 54.6 Å². The number of aryl methyl sites for hydroxylation is 1. The van der Waals surface area contributed by atoms with Crippen molar-refractivity contribution in [3.8, 4) is 5.75 Å². The van der Waals surface area contributed by atoms with Crippen molar-refractivity contribution >= 4 is 75.3 Å². The molecular formula is C27H25Cl3N4O3S. The van der Waals surface area contributed by atoms with Gasteiger partial charge in [0, 0.05) is 42.5 Å². The molecule has 198 valence electrons. The summed E-state index contributed by atoms with van der Waals surface area (Å²) in [4.78, 5) is 29.7. The lowest BCUT2D eigenvalue weighted by molar-refractivity contribution is 0.0746. The van der Waals surface area contributed by atoms with Gasteiger partial charge in [0.2, 0.25) is 0 Å². The van der Waals surface area contributed by atoms with E-state index >= 15 is 0 Å². The Morgan fingerprint density at radius 1 is 0.921 bits per heavy atom. The van der Waals surface area contributed by atoms with Gasteiger partial charge < -0.3 is 19.9 Å². The van der Waals surface area contributed by atoms with Crippen molar-refractivity contribution in [2.45, 2.75) is 6.92 Å². The number of ether oxygens (including phenoxy) is 1. The minimum absolute atomic E-state index is 0.0432. The summed E-state index contributed by atoms with van der Waals surface area (Å²) in [5, 5.41) is 6.66. The Kier molecular flexibility index (Phi) is 8.99. The van der Waals surface area contributed by atoms with Crippen molar-refractivity contribution < 1.29 is 14.3 Å². The maximum Gasteiger partial charge on any atom is 0.261 e. The number of hydrogen-bond acceptors (Lipinski definition) is 5. The second-order valence-corrected chi connectivity index (χ2v) is 10.3. The van der Waals surface area contributed by atoms with Crippen molar-refractivity contribution in [1.82, 2.24) is 10.2 Å². The van der Waals surface area contributed by atoms with Crippen molar-refractivity contribution in [2.24, 2.45) is 0 Å². The summed E-state index contributed by atoms with van der Waals surface area (Å²) in [5.41, 5.74) is 3.31. The standard InChI is InChI=1S/C27H25Cl3N4O3S/c1-16-5-3-4-6-19(16)26(36)34-11-9-33(10-12-34)23-8-7-18(15-21(23)29)31-27(38)32-25(35)20-13-17(28)14-22(30)24(20)37-2/h3-8,13-15H,9-12H2,1-2H3,(H2,31,32,35,38). The lowest BCUT2D eigenvalue weighted by Gasteiger charge is -2.36. The zero-order valence-corrected chi connectivity index (χ0v) is 23.8. The molecule has 7 nitrogen and oxygen atoms in total. The van der Waals surface area contributed by atoms with Crippen LogP contribution in [-0.4, -0.2) is 55.1 Å². The van der Waals surface area contributed by atoms with Gasteiger partial charge in [-0.05, 0) is 61.1 Å². The molecule has 0 bridgehead atoms. The molecule has 1 saturated heterocycles. The monoisotopic (exact) mass is 590 g/mol. The Hall–Kier alpha value is -3.04. The fourth-order valence-electron chi connectivity index (χ4n) is 4.24. The lowest BCUT2D eigenvalue weighted by atomic mass is 10.1. The topological polar surface area (TPSA) is 73.9 Å². The summed E-state index contributed by atoms with van der Waals surface area (Å²) in [6.45, 7) is 4.44. The first-order valence-corrected chi connectivity index (χ1v) is 13.3. The maximum atomic E-state index is 12.9. The number of halogens is 3. The van der Waals surface area contributed by atoms with E-state index in [1.807, 2.05) is 48.2 Å². The van der Waals surface area contributed by atoms with E-state index in [1.54, 1.807) is 6.07 Å². The molecule has 1 heterocycles. The van der Waals surface area contributed by atoms with Crippen LogP contribution in [0, 0.1) is 6.92 Å². The molecule has 0 unspecified atom stereocenters. The minimum Gasteiger partial charge on any atom is -0.494 e. The van der Waals surface area contributed by atoms with Crippen LogP contribution in [-0.2, 0) is 0 Å². The Morgan fingerprint density at radius 3 is 2.29 bits per heavy atom. The molecule has 0 radical (unpaired) electrons. The van der Waals surface area contributed by atoms with E-state index in [-0.39, 0.29) is 27.4 Å². The van der Waals surface area contributed by atoms with Crippen molar-refractivity contribution in [3.05, 3.63) is 86.4 Å². The second kappa shape index (κ2) is 12.2. The molecule has 4 rings (SSSR count). The molecule has 0 saturated carbocycles. The number of thiocarbonyl (C=S) groups is 1. The lowest BCUT2D eigenvalue weighted by Crippen LogP contribution is -2.49. The first-order valence-electron chi connectivity index (χ1n) is 11.7.